The molecule has 0 saturated heterocycles. The lowest BCUT2D eigenvalue weighted by atomic mass is 9.99. The number of hydrogen-bond donors (Lipinski definition) is 0. The lowest BCUT2D eigenvalue weighted by Crippen LogP contribution is -2.15. The Balaban J connectivity index is 1.66. The second kappa shape index (κ2) is 8.75. The van der Waals surface area contributed by atoms with Crippen LogP contribution in [0.15, 0.2) is 66.7 Å². The van der Waals surface area contributed by atoms with Gasteiger partial charge >= 0.3 is 5.97 Å². The zero-order chi connectivity index (χ0) is 22.8. The van der Waals surface area contributed by atoms with Crippen molar-refractivity contribution in [2.45, 2.75) is 27.7 Å². The number of pyridine rings is 1. The van der Waals surface area contributed by atoms with Gasteiger partial charge in [-0.15, -0.1) is 0 Å². The molecule has 160 valence electrons. The number of hydrogen-bond acceptors (Lipinski definition) is 4. The molecule has 0 spiro atoms. The Labute approximate surface area is 187 Å². The number of para-hydroxylation sites is 1. The lowest BCUT2D eigenvalue weighted by Gasteiger charge is -2.12. The molecule has 32 heavy (non-hydrogen) atoms. The van der Waals surface area contributed by atoms with Crippen LogP contribution in [-0.4, -0.2) is 23.3 Å². The highest BCUT2D eigenvalue weighted by Crippen LogP contribution is 2.28. The summed E-state index contributed by atoms with van der Waals surface area (Å²) in [6.45, 7) is 7.68. The Bertz CT molecular complexity index is 1350. The molecule has 0 atom stereocenters. The van der Waals surface area contributed by atoms with E-state index in [1.54, 1.807) is 12.1 Å². The SMILES string of the molecule is Cc1ccc(C)c(-c2cc(C(=O)OCC(=O)c3ccc(C)c(C)c3)c3ccccc3n2)c1. The number of Topliss-reactive ketones (excluding diaryl/α,β-unsaturated/α-hetero) is 1. The second-order valence-electron chi connectivity index (χ2n) is 8.19. The minimum atomic E-state index is -0.535. The molecule has 0 radical (unpaired) electrons. The summed E-state index contributed by atoms with van der Waals surface area (Å²) in [7, 11) is 0. The summed E-state index contributed by atoms with van der Waals surface area (Å²) in [6.07, 6.45) is 0. The summed E-state index contributed by atoms with van der Waals surface area (Å²) >= 11 is 0. The number of aryl methyl sites for hydroxylation is 4. The lowest BCUT2D eigenvalue weighted by molar-refractivity contribution is 0.0476. The van der Waals surface area contributed by atoms with E-state index in [0.29, 0.717) is 27.7 Å². The van der Waals surface area contributed by atoms with Crippen molar-refractivity contribution in [2.75, 3.05) is 6.61 Å². The molecule has 1 heterocycles. The van der Waals surface area contributed by atoms with Gasteiger partial charge in [-0.25, -0.2) is 9.78 Å². The Hall–Kier alpha value is -3.79. The average molecular weight is 424 g/mol. The average Bonchev–Trinajstić information content (AvgIpc) is 2.79. The van der Waals surface area contributed by atoms with E-state index in [2.05, 4.69) is 6.07 Å². The number of carbonyl (C=O) groups is 2. The highest BCUT2D eigenvalue weighted by Gasteiger charge is 2.18. The van der Waals surface area contributed by atoms with Crippen LogP contribution >= 0.6 is 0 Å². The Morgan fingerprint density at radius 2 is 1.56 bits per heavy atom. The first-order valence-electron chi connectivity index (χ1n) is 10.6. The quantitative estimate of drug-likeness (QED) is 0.284. The van der Waals surface area contributed by atoms with Gasteiger partial charge in [-0.05, 0) is 68.7 Å². The molecule has 0 amide bonds. The normalized spacial score (nSPS) is 10.9. The van der Waals surface area contributed by atoms with Crippen LogP contribution < -0.4 is 0 Å². The minimum absolute atomic E-state index is 0.227. The summed E-state index contributed by atoms with van der Waals surface area (Å²) in [5.74, 6) is -0.762. The van der Waals surface area contributed by atoms with E-state index in [0.717, 1.165) is 27.8 Å². The molecule has 4 rings (SSSR count). The first-order valence-corrected chi connectivity index (χ1v) is 10.6. The van der Waals surface area contributed by atoms with Crippen molar-refractivity contribution in [2.24, 2.45) is 0 Å². The molecule has 0 N–H and O–H groups in total. The minimum Gasteiger partial charge on any atom is -0.454 e. The monoisotopic (exact) mass is 423 g/mol. The maximum atomic E-state index is 13.0. The molecular weight excluding hydrogens is 398 g/mol. The van der Waals surface area contributed by atoms with Crippen LogP contribution in [0.4, 0.5) is 0 Å². The maximum absolute atomic E-state index is 13.0. The summed E-state index contributed by atoms with van der Waals surface area (Å²) in [4.78, 5) is 30.4. The van der Waals surface area contributed by atoms with Crippen LogP contribution in [0, 0.1) is 27.7 Å². The molecule has 0 fully saturated rings. The van der Waals surface area contributed by atoms with Crippen molar-refractivity contribution in [3.63, 3.8) is 0 Å². The zero-order valence-electron chi connectivity index (χ0n) is 18.7. The third-order valence-electron chi connectivity index (χ3n) is 5.77. The van der Waals surface area contributed by atoms with E-state index < -0.39 is 5.97 Å². The fourth-order valence-electron chi connectivity index (χ4n) is 3.70. The van der Waals surface area contributed by atoms with Gasteiger partial charge in [0.2, 0.25) is 0 Å². The predicted molar refractivity (Wildman–Crippen MR) is 127 cm³/mol. The van der Waals surface area contributed by atoms with Crippen molar-refractivity contribution in [3.05, 3.63) is 100 Å². The third-order valence-corrected chi connectivity index (χ3v) is 5.77. The van der Waals surface area contributed by atoms with E-state index in [1.807, 2.05) is 76.2 Å². The maximum Gasteiger partial charge on any atom is 0.339 e. The third kappa shape index (κ3) is 4.30. The van der Waals surface area contributed by atoms with Gasteiger partial charge in [0.1, 0.15) is 0 Å². The molecule has 0 aliphatic carbocycles. The number of benzene rings is 3. The molecule has 4 aromatic rings. The van der Waals surface area contributed by atoms with Crippen molar-refractivity contribution in [3.8, 4) is 11.3 Å². The first-order chi connectivity index (χ1) is 15.3. The highest BCUT2D eigenvalue weighted by atomic mass is 16.5. The number of ether oxygens (including phenoxy) is 1. The summed E-state index contributed by atoms with van der Waals surface area (Å²) in [5.41, 5.74) is 7.65. The summed E-state index contributed by atoms with van der Waals surface area (Å²) in [6, 6.07) is 20.9. The smallest absolute Gasteiger partial charge is 0.339 e. The van der Waals surface area contributed by atoms with Crippen molar-refractivity contribution in [1.82, 2.24) is 4.98 Å². The van der Waals surface area contributed by atoms with Gasteiger partial charge < -0.3 is 4.74 Å². The molecule has 0 saturated carbocycles. The number of carbonyl (C=O) groups excluding carboxylic acids is 2. The molecule has 0 aliphatic heterocycles. The standard InChI is InChI=1S/C28H25NO3/c1-17-9-10-19(3)23(13-17)26-15-24(22-7-5-6-8-25(22)29-26)28(31)32-16-27(30)21-12-11-18(2)20(4)14-21/h5-15H,16H2,1-4H3. The Kier molecular flexibility index (Phi) is 5.87. The van der Waals surface area contributed by atoms with Gasteiger partial charge in [0, 0.05) is 16.5 Å². The fourth-order valence-corrected chi connectivity index (χ4v) is 3.70. The van der Waals surface area contributed by atoms with E-state index in [9.17, 15) is 9.59 Å². The molecule has 0 unspecified atom stereocenters. The van der Waals surface area contributed by atoms with E-state index >= 15 is 0 Å². The zero-order valence-corrected chi connectivity index (χ0v) is 18.7. The fraction of sp³-hybridized carbons (Fsp3) is 0.179. The summed E-state index contributed by atoms with van der Waals surface area (Å²) < 4.78 is 5.45. The van der Waals surface area contributed by atoms with Crippen LogP contribution in [0.25, 0.3) is 22.2 Å². The van der Waals surface area contributed by atoms with E-state index in [1.165, 1.54) is 0 Å². The molecule has 3 aromatic carbocycles. The van der Waals surface area contributed by atoms with Gasteiger partial charge in [0.15, 0.2) is 12.4 Å². The van der Waals surface area contributed by atoms with Crippen molar-refractivity contribution >= 4 is 22.7 Å². The molecule has 0 aliphatic rings. The predicted octanol–water partition coefficient (Wildman–Crippen LogP) is 6.18. The number of fused-ring (bicyclic) bond motifs is 1. The highest BCUT2D eigenvalue weighted by molar-refractivity contribution is 6.06. The van der Waals surface area contributed by atoms with Crippen LogP contribution in [0.3, 0.4) is 0 Å². The summed E-state index contributed by atoms with van der Waals surface area (Å²) in [5, 5.41) is 0.699. The second-order valence-corrected chi connectivity index (χ2v) is 8.19. The van der Waals surface area contributed by atoms with Gasteiger partial charge in [-0.1, -0.05) is 48.0 Å². The number of aromatic nitrogens is 1. The largest absolute Gasteiger partial charge is 0.454 e. The van der Waals surface area contributed by atoms with Gasteiger partial charge in [-0.2, -0.15) is 0 Å². The molecule has 1 aromatic heterocycles. The van der Waals surface area contributed by atoms with Crippen molar-refractivity contribution in [1.29, 1.82) is 0 Å². The molecule has 4 heteroatoms. The van der Waals surface area contributed by atoms with Crippen LogP contribution in [-0.2, 0) is 4.74 Å². The number of nitrogens with zero attached hydrogens (tertiary/aromatic N) is 1. The Morgan fingerprint density at radius 1 is 0.812 bits per heavy atom. The number of esters is 1. The first kappa shape index (κ1) is 21.4. The topological polar surface area (TPSA) is 56.3 Å². The molecule has 4 nitrogen and oxygen atoms in total. The van der Waals surface area contributed by atoms with Gasteiger partial charge in [0.05, 0.1) is 16.8 Å². The van der Waals surface area contributed by atoms with Crippen molar-refractivity contribution < 1.29 is 14.3 Å². The van der Waals surface area contributed by atoms with Crippen LogP contribution in [0.5, 0.6) is 0 Å². The van der Waals surface area contributed by atoms with Crippen LogP contribution in [0.2, 0.25) is 0 Å². The Morgan fingerprint density at radius 3 is 2.34 bits per heavy atom. The van der Waals surface area contributed by atoms with Crippen LogP contribution in [0.1, 0.15) is 43.0 Å². The van der Waals surface area contributed by atoms with E-state index in [-0.39, 0.29) is 12.4 Å². The molecular formula is C28H25NO3. The number of rotatable bonds is 5. The van der Waals surface area contributed by atoms with Gasteiger partial charge in [-0.3, -0.25) is 4.79 Å². The van der Waals surface area contributed by atoms with E-state index in [4.69, 9.17) is 9.72 Å². The molecule has 0 bridgehead atoms. The number of ketones is 1. The van der Waals surface area contributed by atoms with Gasteiger partial charge in [0.25, 0.3) is 0 Å².